The summed E-state index contributed by atoms with van der Waals surface area (Å²) in [6.45, 7) is 0.375. The van der Waals surface area contributed by atoms with E-state index in [2.05, 4.69) is 20.9 Å². The van der Waals surface area contributed by atoms with E-state index in [9.17, 15) is 4.79 Å². The predicted molar refractivity (Wildman–Crippen MR) is 60.7 cm³/mol. The van der Waals surface area contributed by atoms with Crippen molar-refractivity contribution >= 4 is 21.8 Å². The van der Waals surface area contributed by atoms with Crippen LogP contribution in [0.25, 0.3) is 0 Å². The lowest BCUT2D eigenvalue weighted by atomic mass is 10.4. The van der Waals surface area contributed by atoms with Crippen LogP contribution in [0.4, 0.5) is 0 Å². The maximum Gasteiger partial charge on any atom is 0.225 e. The molecule has 0 aromatic carbocycles. The average Bonchev–Trinajstić information content (AvgIpc) is 2.20. The zero-order chi connectivity index (χ0) is 11.3. The quantitative estimate of drug-likeness (QED) is 0.784. The smallest absolute Gasteiger partial charge is 0.225 e. The van der Waals surface area contributed by atoms with Crippen molar-refractivity contribution in [1.82, 2.24) is 9.88 Å². The van der Waals surface area contributed by atoms with E-state index in [1.165, 1.54) is 0 Å². The molecule has 1 amide bonds. The lowest BCUT2D eigenvalue weighted by Crippen LogP contribution is -2.23. The number of nitrogens with zero attached hydrogens (tertiary/aromatic N) is 2. The Hall–Kier alpha value is -1.10. The molecule has 1 heterocycles. The minimum atomic E-state index is 0.0556. The average molecular weight is 273 g/mol. The normalized spacial score (nSPS) is 9.80. The van der Waals surface area contributed by atoms with E-state index in [1.54, 1.807) is 37.3 Å². The van der Waals surface area contributed by atoms with Gasteiger partial charge in [0.1, 0.15) is 10.4 Å². The number of carbonyl (C=O) groups excluding carboxylic acids is 1. The first-order valence-electron chi connectivity index (χ1n) is 4.54. The van der Waals surface area contributed by atoms with E-state index in [0.717, 1.165) is 4.60 Å². The second-order valence-electron chi connectivity index (χ2n) is 3.20. The zero-order valence-corrected chi connectivity index (χ0v) is 10.3. The second kappa shape index (κ2) is 5.70. The summed E-state index contributed by atoms with van der Waals surface area (Å²) >= 11 is 3.23. The molecule has 0 spiro atoms. The molecule has 1 rings (SSSR count). The summed E-state index contributed by atoms with van der Waals surface area (Å²) in [5.74, 6) is 0.727. The lowest BCUT2D eigenvalue weighted by molar-refractivity contribution is -0.129. The van der Waals surface area contributed by atoms with Crippen LogP contribution >= 0.6 is 15.9 Å². The fraction of sp³-hybridized carbons (Fsp3) is 0.400. The van der Waals surface area contributed by atoms with Gasteiger partial charge < -0.3 is 9.64 Å². The molecular weight excluding hydrogens is 260 g/mol. The number of aromatic nitrogens is 1. The number of pyridine rings is 1. The van der Waals surface area contributed by atoms with E-state index in [1.807, 2.05) is 0 Å². The Balaban J connectivity index is 2.32. The molecule has 1 aromatic rings. The SMILES string of the molecule is CN(C)C(=O)CCOc1ccc(Br)nc1. The second-order valence-corrected chi connectivity index (χ2v) is 4.02. The monoisotopic (exact) mass is 272 g/mol. The number of amides is 1. The van der Waals surface area contributed by atoms with Gasteiger partial charge in [0.05, 0.1) is 19.2 Å². The molecule has 1 aromatic heterocycles. The van der Waals surface area contributed by atoms with Crippen molar-refractivity contribution in [2.75, 3.05) is 20.7 Å². The topological polar surface area (TPSA) is 42.4 Å². The standard InChI is InChI=1S/C10H13BrN2O2/c1-13(2)10(14)5-6-15-8-3-4-9(11)12-7-8/h3-4,7H,5-6H2,1-2H3. The van der Waals surface area contributed by atoms with Crippen LogP contribution in [0.2, 0.25) is 0 Å². The van der Waals surface area contributed by atoms with Crippen LogP contribution in [0, 0.1) is 0 Å². The van der Waals surface area contributed by atoms with Crippen LogP contribution in [0.5, 0.6) is 5.75 Å². The van der Waals surface area contributed by atoms with Gasteiger partial charge in [0.2, 0.25) is 5.91 Å². The van der Waals surface area contributed by atoms with Crippen LogP contribution < -0.4 is 4.74 Å². The molecular formula is C10H13BrN2O2. The molecule has 5 heteroatoms. The maximum atomic E-state index is 11.2. The Bertz CT molecular complexity index is 325. The number of rotatable bonds is 4. The van der Waals surface area contributed by atoms with Crippen LogP contribution in [-0.2, 0) is 4.79 Å². The number of hydrogen-bond acceptors (Lipinski definition) is 3. The molecule has 0 aliphatic rings. The third kappa shape index (κ3) is 4.29. The lowest BCUT2D eigenvalue weighted by Gasteiger charge is -2.10. The highest BCUT2D eigenvalue weighted by Crippen LogP contribution is 2.12. The van der Waals surface area contributed by atoms with Crippen molar-refractivity contribution < 1.29 is 9.53 Å². The molecule has 0 atom stereocenters. The number of hydrogen-bond donors (Lipinski definition) is 0. The zero-order valence-electron chi connectivity index (χ0n) is 8.74. The largest absolute Gasteiger partial charge is 0.491 e. The summed E-state index contributed by atoms with van der Waals surface area (Å²) in [7, 11) is 3.45. The summed E-state index contributed by atoms with van der Waals surface area (Å²) in [5, 5.41) is 0. The first kappa shape index (κ1) is 12.0. The molecule has 0 radical (unpaired) electrons. The van der Waals surface area contributed by atoms with Crippen LogP contribution in [0.3, 0.4) is 0 Å². The van der Waals surface area contributed by atoms with Gasteiger partial charge in [0.15, 0.2) is 0 Å². The highest BCUT2D eigenvalue weighted by molar-refractivity contribution is 9.10. The van der Waals surface area contributed by atoms with E-state index in [0.29, 0.717) is 18.8 Å². The number of ether oxygens (including phenoxy) is 1. The van der Waals surface area contributed by atoms with E-state index in [4.69, 9.17) is 4.74 Å². The summed E-state index contributed by atoms with van der Waals surface area (Å²) < 4.78 is 6.11. The van der Waals surface area contributed by atoms with Gasteiger partial charge in [0.25, 0.3) is 0 Å². The Morgan fingerprint density at radius 2 is 2.27 bits per heavy atom. The first-order valence-corrected chi connectivity index (χ1v) is 5.33. The van der Waals surface area contributed by atoms with Crippen LogP contribution in [-0.4, -0.2) is 36.5 Å². The maximum absolute atomic E-state index is 11.2. The molecule has 0 aliphatic carbocycles. The molecule has 0 unspecified atom stereocenters. The summed E-state index contributed by atoms with van der Waals surface area (Å²) in [6.07, 6.45) is 1.99. The Morgan fingerprint density at radius 3 is 2.80 bits per heavy atom. The van der Waals surface area contributed by atoms with Crippen molar-refractivity contribution in [2.24, 2.45) is 0 Å². The third-order valence-corrected chi connectivity index (χ3v) is 2.25. The molecule has 0 fully saturated rings. The number of carbonyl (C=O) groups is 1. The van der Waals surface area contributed by atoms with Crippen LogP contribution in [0.15, 0.2) is 22.9 Å². The highest BCUT2D eigenvalue weighted by Gasteiger charge is 2.03. The van der Waals surface area contributed by atoms with Crippen molar-refractivity contribution in [3.05, 3.63) is 22.9 Å². The highest BCUT2D eigenvalue weighted by atomic mass is 79.9. The molecule has 82 valence electrons. The van der Waals surface area contributed by atoms with Gasteiger partial charge in [-0.15, -0.1) is 0 Å². The predicted octanol–water partition coefficient (Wildman–Crippen LogP) is 1.70. The molecule has 0 N–H and O–H groups in total. The van der Waals surface area contributed by atoms with Gasteiger partial charge in [-0.05, 0) is 28.1 Å². The van der Waals surface area contributed by atoms with Crippen molar-refractivity contribution in [1.29, 1.82) is 0 Å². The van der Waals surface area contributed by atoms with Crippen molar-refractivity contribution in [3.8, 4) is 5.75 Å². The molecule has 0 saturated heterocycles. The fourth-order valence-electron chi connectivity index (χ4n) is 0.927. The third-order valence-electron chi connectivity index (χ3n) is 1.78. The molecule has 15 heavy (non-hydrogen) atoms. The molecule has 0 aliphatic heterocycles. The Kier molecular flexibility index (Phi) is 4.55. The summed E-state index contributed by atoms with van der Waals surface area (Å²) in [5.41, 5.74) is 0. The van der Waals surface area contributed by atoms with E-state index < -0.39 is 0 Å². The molecule has 0 saturated carbocycles. The van der Waals surface area contributed by atoms with E-state index in [-0.39, 0.29) is 5.91 Å². The molecule has 0 bridgehead atoms. The summed E-state index contributed by atoms with van der Waals surface area (Å²) in [6, 6.07) is 3.60. The van der Waals surface area contributed by atoms with Gasteiger partial charge in [0, 0.05) is 14.1 Å². The van der Waals surface area contributed by atoms with Crippen molar-refractivity contribution in [2.45, 2.75) is 6.42 Å². The van der Waals surface area contributed by atoms with Crippen molar-refractivity contribution in [3.63, 3.8) is 0 Å². The van der Waals surface area contributed by atoms with Gasteiger partial charge in [-0.2, -0.15) is 0 Å². The Labute approximate surface area is 97.4 Å². The van der Waals surface area contributed by atoms with Gasteiger partial charge in [-0.1, -0.05) is 0 Å². The van der Waals surface area contributed by atoms with Gasteiger partial charge in [-0.3, -0.25) is 4.79 Å². The van der Waals surface area contributed by atoms with E-state index >= 15 is 0 Å². The number of halogens is 1. The van der Waals surface area contributed by atoms with Crippen LogP contribution in [0.1, 0.15) is 6.42 Å². The Morgan fingerprint density at radius 1 is 1.53 bits per heavy atom. The fourth-order valence-corrected chi connectivity index (χ4v) is 1.16. The van der Waals surface area contributed by atoms with Gasteiger partial charge in [-0.25, -0.2) is 4.98 Å². The molecule has 4 nitrogen and oxygen atoms in total. The minimum absolute atomic E-state index is 0.0556. The first-order chi connectivity index (χ1) is 7.09. The summed E-state index contributed by atoms with van der Waals surface area (Å²) in [4.78, 5) is 16.8. The minimum Gasteiger partial charge on any atom is -0.491 e. The van der Waals surface area contributed by atoms with Gasteiger partial charge >= 0.3 is 0 Å².